The fourth-order valence-corrected chi connectivity index (χ4v) is 5.67. The smallest absolute Gasteiger partial charge is 0.318 e. The van der Waals surface area contributed by atoms with Gasteiger partial charge in [-0.3, -0.25) is 5.10 Å². The van der Waals surface area contributed by atoms with Crippen molar-refractivity contribution in [2.45, 2.75) is 50.2 Å². The fourth-order valence-electron chi connectivity index (χ4n) is 4.77. The summed E-state index contributed by atoms with van der Waals surface area (Å²) in [5, 5.41) is 16.2. The molecule has 1 aliphatic heterocycles. The summed E-state index contributed by atoms with van der Waals surface area (Å²) in [6.45, 7) is 4.53. The summed E-state index contributed by atoms with van der Waals surface area (Å²) < 4.78 is 0.943. The van der Waals surface area contributed by atoms with Gasteiger partial charge in [0.2, 0.25) is 0 Å². The number of benzene rings is 1. The molecule has 1 saturated carbocycles. The molecule has 3 N–H and O–H groups in total. The van der Waals surface area contributed by atoms with Crippen molar-refractivity contribution >= 4 is 50.8 Å². The highest BCUT2D eigenvalue weighted by atomic mass is 35.5. The molecule has 2 amide bonds. The van der Waals surface area contributed by atoms with Crippen molar-refractivity contribution in [2.75, 3.05) is 5.32 Å². The molecule has 0 spiro atoms. The van der Waals surface area contributed by atoms with Crippen LogP contribution in [0.3, 0.4) is 0 Å². The van der Waals surface area contributed by atoms with E-state index in [1.54, 1.807) is 11.3 Å². The lowest BCUT2D eigenvalue weighted by Gasteiger charge is -2.32. The Kier molecular flexibility index (Phi) is 5.00. The van der Waals surface area contributed by atoms with Gasteiger partial charge >= 0.3 is 6.03 Å². The summed E-state index contributed by atoms with van der Waals surface area (Å²) in [6.07, 6.45) is 0.969. The minimum absolute atomic E-state index is 0.0592. The molecule has 4 heterocycles. The van der Waals surface area contributed by atoms with Gasteiger partial charge in [-0.15, -0.1) is 22.9 Å². The van der Waals surface area contributed by atoms with E-state index >= 15 is 0 Å². The highest BCUT2D eigenvalue weighted by molar-refractivity contribution is 7.17. The summed E-state index contributed by atoms with van der Waals surface area (Å²) in [7, 11) is 0. The number of H-pyrrole nitrogens is 1. The Morgan fingerprint density at radius 2 is 2.06 bits per heavy atom. The van der Waals surface area contributed by atoms with E-state index in [1.807, 2.05) is 48.4 Å². The number of amides is 2. The second-order valence-electron chi connectivity index (χ2n) is 9.26. The van der Waals surface area contributed by atoms with Crippen LogP contribution in [0.4, 0.5) is 16.4 Å². The Balaban J connectivity index is 1.22. The first kappa shape index (κ1) is 21.4. The Labute approximate surface area is 205 Å². The Morgan fingerprint density at radius 3 is 2.85 bits per heavy atom. The van der Waals surface area contributed by atoms with E-state index in [2.05, 4.69) is 42.9 Å². The van der Waals surface area contributed by atoms with Gasteiger partial charge in [0, 0.05) is 17.5 Å². The van der Waals surface area contributed by atoms with Gasteiger partial charge in [0.25, 0.3) is 0 Å². The maximum absolute atomic E-state index is 13.3. The van der Waals surface area contributed by atoms with Gasteiger partial charge in [-0.2, -0.15) is 5.10 Å². The zero-order valence-corrected chi connectivity index (χ0v) is 20.4. The first-order valence-corrected chi connectivity index (χ1v) is 12.6. The molecule has 0 bridgehead atoms. The van der Waals surface area contributed by atoms with Crippen molar-refractivity contribution in [3.63, 3.8) is 0 Å². The number of fused-ring (bicyclic) bond motifs is 2. The number of nitrogens with zero attached hydrogens (tertiary/aromatic N) is 4. The number of anilines is 2. The molecular weight excluding hydrogens is 470 g/mol. The number of hydrogen-bond donors (Lipinski definition) is 3. The molecule has 3 aromatic heterocycles. The van der Waals surface area contributed by atoms with E-state index in [-0.39, 0.29) is 18.0 Å². The van der Waals surface area contributed by atoms with E-state index in [4.69, 9.17) is 11.6 Å². The van der Waals surface area contributed by atoms with E-state index < -0.39 is 5.54 Å². The van der Waals surface area contributed by atoms with Gasteiger partial charge in [0.15, 0.2) is 11.6 Å². The molecule has 34 heavy (non-hydrogen) atoms. The second kappa shape index (κ2) is 7.95. The minimum atomic E-state index is -0.519. The van der Waals surface area contributed by atoms with Gasteiger partial charge in [-0.05, 0) is 37.3 Å². The highest BCUT2D eigenvalue weighted by Gasteiger charge is 2.46. The lowest BCUT2D eigenvalue weighted by atomic mass is 10.0. The third-order valence-electron chi connectivity index (χ3n) is 6.75. The van der Waals surface area contributed by atoms with E-state index in [9.17, 15) is 4.79 Å². The Morgan fingerprint density at radius 1 is 1.24 bits per heavy atom. The summed E-state index contributed by atoms with van der Waals surface area (Å²) in [5.41, 5.74) is 3.50. The van der Waals surface area contributed by atoms with Crippen molar-refractivity contribution in [2.24, 2.45) is 0 Å². The number of alkyl halides is 1. The molecule has 10 heteroatoms. The van der Waals surface area contributed by atoms with Crippen LogP contribution in [-0.4, -0.2) is 37.1 Å². The summed E-state index contributed by atoms with van der Waals surface area (Å²) in [5.74, 6) is 2.51. The average Bonchev–Trinajstić information content (AvgIpc) is 3.15. The molecule has 1 aromatic carbocycles. The molecule has 6 rings (SSSR count). The zero-order valence-electron chi connectivity index (χ0n) is 18.8. The first-order chi connectivity index (χ1) is 16.5. The molecule has 8 nitrogen and oxygen atoms in total. The molecule has 1 aliphatic carbocycles. The van der Waals surface area contributed by atoms with Gasteiger partial charge in [0.05, 0.1) is 33.9 Å². The number of hydrogen-bond acceptors (Lipinski definition) is 6. The Bertz CT molecular complexity index is 1380. The SMILES string of the molecule is CC1(C)c2[nH]nc(Nc3nc(CCl)nc4ccsc34)c2CN1C(=O)N[C@@H]1C[C@H]1c1ccccc1. The summed E-state index contributed by atoms with van der Waals surface area (Å²) in [6, 6.07) is 12.4. The van der Waals surface area contributed by atoms with Crippen LogP contribution in [0.2, 0.25) is 0 Å². The summed E-state index contributed by atoms with van der Waals surface area (Å²) in [4.78, 5) is 24.2. The molecule has 174 valence electrons. The molecule has 0 radical (unpaired) electrons. The van der Waals surface area contributed by atoms with E-state index in [0.717, 1.165) is 27.9 Å². The van der Waals surface area contributed by atoms with Crippen LogP contribution in [-0.2, 0) is 18.0 Å². The third kappa shape index (κ3) is 3.50. The number of urea groups is 1. The van der Waals surface area contributed by atoms with Crippen LogP contribution >= 0.6 is 22.9 Å². The molecular formula is C24H24ClN7OS. The predicted octanol–water partition coefficient (Wildman–Crippen LogP) is 5.21. The molecule has 2 aliphatic rings. The number of carbonyl (C=O) groups excluding carboxylic acids is 1. The van der Waals surface area contributed by atoms with E-state index in [0.29, 0.717) is 29.9 Å². The normalized spacial score (nSPS) is 20.4. The largest absolute Gasteiger partial charge is 0.335 e. The predicted molar refractivity (Wildman–Crippen MR) is 134 cm³/mol. The van der Waals surface area contributed by atoms with Crippen LogP contribution in [0.1, 0.15) is 48.8 Å². The molecule has 0 unspecified atom stereocenters. The monoisotopic (exact) mass is 493 g/mol. The second-order valence-corrected chi connectivity index (χ2v) is 10.4. The number of nitrogens with one attached hydrogen (secondary N) is 3. The van der Waals surface area contributed by atoms with Crippen LogP contribution in [0, 0.1) is 0 Å². The molecule has 4 aromatic rings. The highest BCUT2D eigenvalue weighted by Crippen LogP contribution is 2.44. The topological polar surface area (TPSA) is 98.8 Å². The van der Waals surface area contributed by atoms with Crippen molar-refractivity contribution in [1.29, 1.82) is 0 Å². The van der Waals surface area contributed by atoms with Gasteiger partial charge in [0.1, 0.15) is 5.82 Å². The van der Waals surface area contributed by atoms with Crippen LogP contribution in [0.25, 0.3) is 10.2 Å². The maximum atomic E-state index is 13.3. The van der Waals surface area contributed by atoms with Crippen molar-refractivity contribution < 1.29 is 4.79 Å². The lowest BCUT2D eigenvalue weighted by Crippen LogP contribution is -2.47. The zero-order chi connectivity index (χ0) is 23.4. The average molecular weight is 494 g/mol. The Hall–Kier alpha value is -3.17. The van der Waals surface area contributed by atoms with E-state index in [1.165, 1.54) is 5.56 Å². The molecule has 1 fully saturated rings. The number of rotatable bonds is 5. The molecule has 2 atom stereocenters. The number of thiophene rings is 1. The van der Waals surface area contributed by atoms with Crippen molar-refractivity contribution in [1.82, 2.24) is 30.4 Å². The van der Waals surface area contributed by atoms with Gasteiger partial charge in [-0.1, -0.05) is 30.3 Å². The van der Waals surface area contributed by atoms with Crippen molar-refractivity contribution in [3.05, 3.63) is 64.4 Å². The van der Waals surface area contributed by atoms with Gasteiger partial charge in [-0.25, -0.2) is 14.8 Å². The fraction of sp³-hybridized carbons (Fsp3) is 0.333. The van der Waals surface area contributed by atoms with Crippen LogP contribution in [0.15, 0.2) is 41.8 Å². The first-order valence-electron chi connectivity index (χ1n) is 11.2. The lowest BCUT2D eigenvalue weighted by molar-refractivity contribution is 0.142. The maximum Gasteiger partial charge on any atom is 0.318 e. The van der Waals surface area contributed by atoms with Crippen LogP contribution < -0.4 is 10.6 Å². The third-order valence-corrected chi connectivity index (χ3v) is 7.90. The minimum Gasteiger partial charge on any atom is -0.335 e. The number of aromatic amines is 1. The van der Waals surface area contributed by atoms with Crippen molar-refractivity contribution in [3.8, 4) is 0 Å². The summed E-state index contributed by atoms with van der Waals surface area (Å²) >= 11 is 7.57. The molecule has 0 saturated heterocycles. The number of aromatic nitrogens is 4. The standard InChI is InChI=1S/C24H24ClN7OS/c1-24(2)20-15(12-32(24)23(33)27-17-10-14(17)13-6-4-3-5-7-13)21(31-30-20)29-22-19-16(8-9-34-19)26-18(11-25)28-22/h3-9,14,17H,10-12H2,1-2H3,(H,27,33)(H2,26,28,29,30,31)/t14-,17+/m0/s1. The van der Waals surface area contributed by atoms with Gasteiger partial charge < -0.3 is 15.5 Å². The number of halogens is 1. The number of carbonyl (C=O) groups is 1. The quantitative estimate of drug-likeness (QED) is 0.331. The van der Waals surface area contributed by atoms with Crippen LogP contribution in [0.5, 0.6) is 0 Å².